The van der Waals surface area contributed by atoms with Crippen molar-refractivity contribution in [2.24, 2.45) is 0 Å². The molecule has 0 bridgehead atoms. The van der Waals surface area contributed by atoms with Crippen molar-refractivity contribution in [3.63, 3.8) is 0 Å². The maximum Gasteiger partial charge on any atom is 0.410 e. The zero-order valence-electron chi connectivity index (χ0n) is 13.4. The number of ether oxygens (including phenoxy) is 1. The summed E-state index contributed by atoms with van der Waals surface area (Å²) in [7, 11) is -1.03. The monoisotopic (exact) mass is 324 g/mol. The summed E-state index contributed by atoms with van der Waals surface area (Å²) in [6, 6.07) is 5.60. The van der Waals surface area contributed by atoms with Crippen molar-refractivity contribution in [3.05, 3.63) is 30.1 Å². The molecule has 1 aromatic heterocycles. The van der Waals surface area contributed by atoms with Crippen molar-refractivity contribution in [1.82, 2.24) is 9.88 Å². The third-order valence-electron chi connectivity index (χ3n) is 3.42. The number of aromatic nitrogens is 1. The van der Waals surface area contributed by atoms with E-state index in [0.29, 0.717) is 18.1 Å². The summed E-state index contributed by atoms with van der Waals surface area (Å²) in [5, 5.41) is 0. The summed E-state index contributed by atoms with van der Waals surface area (Å²) in [6.07, 6.45) is 3.22. The molecule has 122 valence electrons. The van der Waals surface area contributed by atoms with Crippen LogP contribution in [-0.2, 0) is 21.3 Å². The normalized spacial score (nSPS) is 20.0. The first-order valence-electron chi connectivity index (χ1n) is 7.59. The van der Waals surface area contributed by atoms with Gasteiger partial charge in [0.05, 0.1) is 11.4 Å². The second-order valence-corrected chi connectivity index (χ2v) is 8.04. The highest BCUT2D eigenvalue weighted by molar-refractivity contribution is 7.84. The van der Waals surface area contributed by atoms with Gasteiger partial charge in [0.15, 0.2) is 0 Å². The van der Waals surface area contributed by atoms with E-state index in [9.17, 15) is 9.00 Å². The molecule has 5 nitrogen and oxygen atoms in total. The van der Waals surface area contributed by atoms with E-state index in [1.165, 1.54) is 0 Å². The first kappa shape index (κ1) is 16.9. The molecular formula is C16H24N2O3S. The van der Waals surface area contributed by atoms with Gasteiger partial charge in [-0.05, 0) is 45.7 Å². The van der Waals surface area contributed by atoms with Gasteiger partial charge in [0.1, 0.15) is 5.60 Å². The van der Waals surface area contributed by atoms with Crippen LogP contribution in [0.15, 0.2) is 24.4 Å². The highest BCUT2D eigenvalue weighted by atomic mass is 32.2. The zero-order chi connectivity index (χ0) is 16.2. The number of carbonyl (C=O) groups is 1. The molecule has 0 unspecified atom stereocenters. The fourth-order valence-electron chi connectivity index (χ4n) is 2.49. The molecule has 0 saturated carbocycles. The number of hydrogen-bond acceptors (Lipinski definition) is 4. The molecule has 0 N–H and O–H groups in total. The molecule has 1 aromatic rings. The number of carbonyl (C=O) groups excluding carboxylic acids is 1. The third-order valence-corrected chi connectivity index (χ3v) is 4.79. The molecule has 0 radical (unpaired) electrons. The molecular weight excluding hydrogens is 300 g/mol. The smallest absolute Gasteiger partial charge is 0.410 e. The van der Waals surface area contributed by atoms with E-state index in [0.717, 1.165) is 18.5 Å². The Morgan fingerprint density at radius 2 is 2.23 bits per heavy atom. The Morgan fingerprint density at radius 3 is 2.86 bits per heavy atom. The lowest BCUT2D eigenvalue weighted by Gasteiger charge is -2.28. The van der Waals surface area contributed by atoms with Gasteiger partial charge in [-0.25, -0.2) is 4.79 Å². The van der Waals surface area contributed by atoms with Crippen LogP contribution in [0.1, 0.15) is 39.3 Å². The lowest BCUT2D eigenvalue weighted by atomic mass is 10.2. The Balaban J connectivity index is 1.91. The lowest BCUT2D eigenvalue weighted by Crippen LogP contribution is -2.42. The molecule has 2 heterocycles. The van der Waals surface area contributed by atoms with E-state index in [-0.39, 0.29) is 12.1 Å². The molecule has 2 atom stereocenters. The zero-order valence-corrected chi connectivity index (χ0v) is 14.3. The molecule has 0 spiro atoms. The maximum atomic E-state index is 12.3. The molecule has 1 fully saturated rings. The van der Waals surface area contributed by atoms with Gasteiger partial charge in [-0.15, -0.1) is 0 Å². The van der Waals surface area contributed by atoms with Crippen LogP contribution in [0, 0.1) is 0 Å². The van der Waals surface area contributed by atoms with Crippen molar-refractivity contribution < 1.29 is 13.7 Å². The third kappa shape index (κ3) is 5.09. The van der Waals surface area contributed by atoms with Crippen molar-refractivity contribution in [2.75, 3.05) is 12.3 Å². The second kappa shape index (κ2) is 7.22. The predicted octanol–water partition coefficient (Wildman–Crippen LogP) is 2.73. The van der Waals surface area contributed by atoms with Gasteiger partial charge in [0.25, 0.3) is 0 Å². The summed E-state index contributed by atoms with van der Waals surface area (Å²) in [6.45, 7) is 6.25. The summed E-state index contributed by atoms with van der Waals surface area (Å²) in [4.78, 5) is 18.1. The topological polar surface area (TPSA) is 59.5 Å². The summed E-state index contributed by atoms with van der Waals surface area (Å²) in [5.41, 5.74) is 0.319. The van der Waals surface area contributed by atoms with E-state index in [1.807, 2.05) is 39.0 Å². The minimum atomic E-state index is -1.03. The molecule has 22 heavy (non-hydrogen) atoms. The fourth-order valence-corrected chi connectivity index (χ4v) is 3.89. The highest BCUT2D eigenvalue weighted by Crippen LogP contribution is 2.22. The number of pyridine rings is 1. The average Bonchev–Trinajstić information content (AvgIpc) is 2.86. The van der Waals surface area contributed by atoms with E-state index in [1.54, 1.807) is 11.1 Å². The summed E-state index contributed by atoms with van der Waals surface area (Å²) in [5.74, 6) is 0.912. The van der Waals surface area contributed by atoms with E-state index in [2.05, 4.69) is 4.98 Å². The number of amides is 1. The first-order valence-corrected chi connectivity index (χ1v) is 9.08. The molecule has 1 amide bonds. The van der Waals surface area contributed by atoms with E-state index in [4.69, 9.17) is 4.74 Å². The van der Waals surface area contributed by atoms with Crippen LogP contribution in [0.25, 0.3) is 0 Å². The van der Waals surface area contributed by atoms with Crippen molar-refractivity contribution >= 4 is 16.9 Å². The Morgan fingerprint density at radius 1 is 1.45 bits per heavy atom. The summed E-state index contributed by atoms with van der Waals surface area (Å²) < 4.78 is 17.7. The Bertz CT molecular complexity index is 528. The molecule has 0 aliphatic carbocycles. The minimum absolute atomic E-state index is 0.000560. The lowest BCUT2D eigenvalue weighted by molar-refractivity contribution is 0.0241. The van der Waals surface area contributed by atoms with Gasteiger partial charge in [-0.2, -0.15) is 0 Å². The van der Waals surface area contributed by atoms with Gasteiger partial charge in [0, 0.05) is 35.3 Å². The molecule has 2 rings (SSSR count). The maximum absolute atomic E-state index is 12.3. The van der Waals surface area contributed by atoms with Gasteiger partial charge in [-0.1, -0.05) is 6.07 Å². The standard InChI is InChI=1S/C16H24N2O3S/c1-16(2,3)21-15(19)18-10-6-8-14(18)12-22(20)11-13-7-4-5-9-17-13/h4-5,7,9,14H,6,8,10-12H2,1-3H3/t14-,22+/m0/s1. The number of rotatable bonds is 4. The van der Waals surface area contributed by atoms with Crippen LogP contribution in [-0.4, -0.2) is 44.1 Å². The van der Waals surface area contributed by atoms with Crippen molar-refractivity contribution in [1.29, 1.82) is 0 Å². The van der Waals surface area contributed by atoms with Crippen LogP contribution in [0.2, 0.25) is 0 Å². The quantitative estimate of drug-likeness (QED) is 0.854. The van der Waals surface area contributed by atoms with E-state index < -0.39 is 16.4 Å². The van der Waals surface area contributed by atoms with Crippen LogP contribution >= 0.6 is 0 Å². The van der Waals surface area contributed by atoms with Crippen LogP contribution in [0.3, 0.4) is 0 Å². The molecule has 6 heteroatoms. The average molecular weight is 324 g/mol. The second-order valence-electron chi connectivity index (χ2n) is 6.54. The first-order chi connectivity index (χ1) is 10.3. The van der Waals surface area contributed by atoms with Crippen LogP contribution in [0.5, 0.6) is 0 Å². The van der Waals surface area contributed by atoms with Crippen LogP contribution < -0.4 is 0 Å². The molecule has 1 aliphatic heterocycles. The van der Waals surface area contributed by atoms with Crippen molar-refractivity contribution in [3.8, 4) is 0 Å². The van der Waals surface area contributed by atoms with Crippen molar-refractivity contribution in [2.45, 2.75) is 51.0 Å². The Kier molecular flexibility index (Phi) is 5.56. The SMILES string of the molecule is CC(C)(C)OC(=O)N1CCC[C@H]1C[S@](=O)Cc1ccccn1. The van der Waals surface area contributed by atoms with Gasteiger partial charge >= 0.3 is 6.09 Å². The largest absolute Gasteiger partial charge is 0.444 e. The van der Waals surface area contributed by atoms with Gasteiger partial charge in [0.2, 0.25) is 0 Å². The number of nitrogens with zero attached hydrogens (tertiary/aromatic N) is 2. The number of likely N-dealkylation sites (tertiary alicyclic amines) is 1. The molecule has 1 aliphatic rings. The van der Waals surface area contributed by atoms with Crippen LogP contribution in [0.4, 0.5) is 4.79 Å². The van der Waals surface area contributed by atoms with E-state index >= 15 is 0 Å². The minimum Gasteiger partial charge on any atom is -0.444 e. The predicted molar refractivity (Wildman–Crippen MR) is 86.9 cm³/mol. The fraction of sp³-hybridized carbons (Fsp3) is 0.625. The summed E-state index contributed by atoms with van der Waals surface area (Å²) >= 11 is 0. The Hall–Kier alpha value is -1.43. The molecule has 1 saturated heterocycles. The van der Waals surface area contributed by atoms with Gasteiger partial charge in [-0.3, -0.25) is 9.19 Å². The Labute approximate surface area is 134 Å². The molecule has 0 aromatic carbocycles. The van der Waals surface area contributed by atoms with Gasteiger partial charge < -0.3 is 9.64 Å². The highest BCUT2D eigenvalue weighted by Gasteiger charge is 2.33. The number of hydrogen-bond donors (Lipinski definition) is 0.